The molecule has 0 spiro atoms. The van der Waals surface area contributed by atoms with Crippen LogP contribution in [0, 0.1) is 0 Å². The van der Waals surface area contributed by atoms with E-state index in [9.17, 15) is 0 Å². The van der Waals surface area contributed by atoms with Gasteiger partial charge in [-0.1, -0.05) is 0 Å². The van der Waals surface area contributed by atoms with Crippen LogP contribution in [0.2, 0.25) is 0 Å². The Kier molecular flexibility index (Phi) is 2.18. The first kappa shape index (κ1) is 9.47. The lowest BCUT2D eigenvalue weighted by Crippen LogP contribution is -2.16. The van der Waals surface area contributed by atoms with Gasteiger partial charge in [0.05, 0.1) is 23.8 Å². The van der Waals surface area contributed by atoms with Crippen LogP contribution >= 0.6 is 0 Å². The van der Waals surface area contributed by atoms with Crippen molar-refractivity contribution in [3.63, 3.8) is 0 Å². The van der Waals surface area contributed by atoms with Crippen molar-refractivity contribution >= 4 is 0 Å². The highest BCUT2D eigenvalue weighted by atomic mass is 15.1. The summed E-state index contributed by atoms with van der Waals surface area (Å²) in [5, 5.41) is 8.07. The van der Waals surface area contributed by atoms with Crippen molar-refractivity contribution in [3.8, 4) is 11.3 Å². The quantitative estimate of drug-likeness (QED) is 0.787. The highest BCUT2D eigenvalue weighted by molar-refractivity contribution is 5.63. The Morgan fingerprint density at radius 1 is 1.44 bits per heavy atom. The van der Waals surface area contributed by atoms with Crippen LogP contribution < -0.4 is 5.73 Å². The Bertz CT molecular complexity index is 517. The van der Waals surface area contributed by atoms with E-state index >= 15 is 0 Å². The molecule has 0 saturated heterocycles. The second kappa shape index (κ2) is 3.68. The zero-order valence-electron chi connectivity index (χ0n) is 8.93. The van der Waals surface area contributed by atoms with Crippen molar-refractivity contribution in [2.24, 2.45) is 5.73 Å². The minimum atomic E-state index is 0.637. The molecule has 1 aliphatic heterocycles. The van der Waals surface area contributed by atoms with Gasteiger partial charge in [-0.3, -0.25) is 0 Å². The molecule has 0 unspecified atom stereocenters. The molecule has 2 N–H and O–H groups in total. The molecule has 0 aliphatic carbocycles. The second-order valence-electron chi connectivity index (χ2n) is 3.89. The Balaban J connectivity index is 2.12. The van der Waals surface area contributed by atoms with E-state index < -0.39 is 0 Å². The fourth-order valence-corrected chi connectivity index (χ4v) is 2.20. The fourth-order valence-electron chi connectivity index (χ4n) is 2.20. The van der Waals surface area contributed by atoms with E-state index in [4.69, 9.17) is 5.73 Å². The van der Waals surface area contributed by atoms with Crippen molar-refractivity contribution in [2.75, 3.05) is 6.54 Å². The summed E-state index contributed by atoms with van der Waals surface area (Å²) in [7, 11) is 0. The van der Waals surface area contributed by atoms with E-state index in [2.05, 4.69) is 19.7 Å². The monoisotopic (exact) mass is 215 g/mol. The predicted octanol–water partition coefficient (Wildman–Crippen LogP) is 0.397. The van der Waals surface area contributed by atoms with Gasteiger partial charge < -0.3 is 10.3 Å². The topological polar surface area (TPSA) is 69.6 Å². The molecule has 0 bridgehead atoms. The second-order valence-corrected chi connectivity index (χ2v) is 3.89. The molecule has 0 atom stereocenters. The first-order valence-electron chi connectivity index (χ1n) is 5.45. The molecule has 3 rings (SSSR count). The van der Waals surface area contributed by atoms with Crippen LogP contribution in [0.1, 0.15) is 11.5 Å². The molecule has 82 valence electrons. The van der Waals surface area contributed by atoms with Crippen molar-refractivity contribution in [2.45, 2.75) is 19.4 Å². The average molecular weight is 215 g/mol. The van der Waals surface area contributed by atoms with Gasteiger partial charge in [-0.15, -0.1) is 0 Å². The third-order valence-corrected chi connectivity index (χ3v) is 2.95. The fraction of sp³-hybridized carbons (Fsp3) is 0.364. The lowest BCUT2D eigenvalue weighted by Gasteiger charge is -2.18. The maximum atomic E-state index is 5.57. The van der Waals surface area contributed by atoms with E-state index in [-0.39, 0.29) is 0 Å². The summed E-state index contributed by atoms with van der Waals surface area (Å²) in [5.41, 5.74) is 8.92. The summed E-state index contributed by atoms with van der Waals surface area (Å²) < 4.78 is 2.23. The van der Waals surface area contributed by atoms with Crippen LogP contribution in [0.25, 0.3) is 11.3 Å². The van der Waals surface area contributed by atoms with Crippen LogP contribution in [-0.4, -0.2) is 26.3 Å². The molecule has 0 saturated carbocycles. The first-order chi connectivity index (χ1) is 7.90. The number of aryl methyl sites for hydroxylation is 1. The summed E-state index contributed by atoms with van der Waals surface area (Å²) in [4.78, 5) is 4.42. The molecular formula is C11H13N5. The number of hydrogen-bond donors (Lipinski definition) is 1. The van der Waals surface area contributed by atoms with Gasteiger partial charge in [0, 0.05) is 24.9 Å². The lowest BCUT2D eigenvalue weighted by molar-refractivity contribution is 0.625. The van der Waals surface area contributed by atoms with E-state index in [0.29, 0.717) is 6.54 Å². The van der Waals surface area contributed by atoms with Gasteiger partial charge in [0.1, 0.15) is 5.82 Å². The van der Waals surface area contributed by atoms with Crippen molar-refractivity contribution < 1.29 is 0 Å². The molecule has 5 heteroatoms. The van der Waals surface area contributed by atoms with Crippen molar-refractivity contribution in [1.82, 2.24) is 19.7 Å². The van der Waals surface area contributed by atoms with Gasteiger partial charge in [-0.25, -0.2) is 4.98 Å². The highest BCUT2D eigenvalue weighted by Crippen LogP contribution is 2.28. The van der Waals surface area contributed by atoms with E-state index in [0.717, 1.165) is 42.2 Å². The van der Waals surface area contributed by atoms with E-state index in [1.807, 2.05) is 12.3 Å². The van der Waals surface area contributed by atoms with Gasteiger partial charge in [-0.05, 0) is 12.6 Å². The van der Waals surface area contributed by atoms with Crippen LogP contribution in [0.3, 0.4) is 0 Å². The maximum absolute atomic E-state index is 5.57. The summed E-state index contributed by atoms with van der Waals surface area (Å²) in [5.74, 6) is 1.07. The molecule has 0 fully saturated rings. The zero-order valence-corrected chi connectivity index (χ0v) is 8.93. The molecule has 0 radical (unpaired) electrons. The van der Waals surface area contributed by atoms with Gasteiger partial charge in [0.2, 0.25) is 0 Å². The third kappa shape index (κ3) is 1.32. The Morgan fingerprint density at radius 3 is 3.25 bits per heavy atom. The van der Waals surface area contributed by atoms with E-state index in [1.54, 1.807) is 6.20 Å². The predicted molar refractivity (Wildman–Crippen MR) is 59.7 cm³/mol. The number of imidazole rings is 1. The normalized spacial score (nSPS) is 13.3. The third-order valence-electron chi connectivity index (χ3n) is 2.95. The maximum Gasteiger partial charge on any atom is 0.110 e. The van der Waals surface area contributed by atoms with Crippen LogP contribution in [0.4, 0.5) is 0 Å². The Labute approximate surface area is 93.3 Å². The lowest BCUT2D eigenvalue weighted by atomic mass is 10.1. The molecule has 16 heavy (non-hydrogen) atoms. The standard InChI is InChI=1S/C11H13N5/c12-4-1-11-13-7-10-8-2-5-14-15-9(8)3-6-16(10)11/h2,5,7H,1,3-4,6,12H2. The zero-order chi connectivity index (χ0) is 11.0. The van der Waals surface area contributed by atoms with Gasteiger partial charge in [0.25, 0.3) is 0 Å². The average Bonchev–Trinajstić information content (AvgIpc) is 2.73. The van der Waals surface area contributed by atoms with Crippen LogP contribution in [0.15, 0.2) is 18.5 Å². The van der Waals surface area contributed by atoms with Crippen molar-refractivity contribution in [3.05, 3.63) is 30.0 Å². The number of rotatable bonds is 2. The molecule has 0 aromatic carbocycles. The molecule has 5 nitrogen and oxygen atoms in total. The van der Waals surface area contributed by atoms with E-state index in [1.165, 1.54) is 0 Å². The van der Waals surface area contributed by atoms with Gasteiger partial charge in [0.15, 0.2) is 0 Å². The number of aromatic nitrogens is 4. The number of fused-ring (bicyclic) bond motifs is 3. The Morgan fingerprint density at radius 2 is 2.38 bits per heavy atom. The Hall–Kier alpha value is -1.75. The number of nitrogens with two attached hydrogens (primary N) is 1. The SMILES string of the molecule is NCCc1ncc2n1CCc1nnccc1-2. The number of nitrogens with zero attached hydrogens (tertiary/aromatic N) is 4. The summed E-state index contributed by atoms with van der Waals surface area (Å²) >= 11 is 0. The van der Waals surface area contributed by atoms with Crippen LogP contribution in [-0.2, 0) is 19.4 Å². The highest BCUT2D eigenvalue weighted by Gasteiger charge is 2.19. The van der Waals surface area contributed by atoms with Crippen molar-refractivity contribution in [1.29, 1.82) is 0 Å². The van der Waals surface area contributed by atoms with Crippen LogP contribution in [0.5, 0.6) is 0 Å². The first-order valence-corrected chi connectivity index (χ1v) is 5.45. The molecule has 1 aliphatic rings. The smallest absolute Gasteiger partial charge is 0.110 e. The summed E-state index contributed by atoms with van der Waals surface area (Å²) in [6.07, 6.45) is 5.38. The molecule has 2 aromatic rings. The van der Waals surface area contributed by atoms with Gasteiger partial charge in [-0.2, -0.15) is 10.2 Å². The number of hydrogen-bond acceptors (Lipinski definition) is 4. The van der Waals surface area contributed by atoms with Gasteiger partial charge >= 0.3 is 0 Å². The molecule has 3 heterocycles. The largest absolute Gasteiger partial charge is 0.330 e. The summed E-state index contributed by atoms with van der Waals surface area (Å²) in [6.45, 7) is 1.56. The molecule has 0 amide bonds. The summed E-state index contributed by atoms with van der Waals surface area (Å²) in [6, 6.07) is 2.00. The minimum absolute atomic E-state index is 0.637. The molecular weight excluding hydrogens is 202 g/mol. The molecule has 2 aromatic heterocycles. The minimum Gasteiger partial charge on any atom is -0.330 e.